The van der Waals surface area contributed by atoms with E-state index in [1.165, 1.54) is 0 Å². The Morgan fingerprint density at radius 3 is 2.89 bits per heavy atom. The fourth-order valence-corrected chi connectivity index (χ4v) is 1.95. The van der Waals surface area contributed by atoms with Gasteiger partial charge in [0.15, 0.2) is 0 Å². The summed E-state index contributed by atoms with van der Waals surface area (Å²) in [7, 11) is 1.66. The molecule has 0 amide bonds. The van der Waals surface area contributed by atoms with Crippen LogP contribution in [0.3, 0.4) is 0 Å². The zero-order valence-corrected chi connectivity index (χ0v) is 10.4. The highest BCUT2D eigenvalue weighted by atomic mass is 16.5. The highest BCUT2D eigenvalue weighted by Crippen LogP contribution is 2.22. The molecule has 0 saturated carbocycles. The second-order valence-corrected chi connectivity index (χ2v) is 4.11. The predicted octanol–water partition coefficient (Wildman–Crippen LogP) is 2.43. The zero-order valence-electron chi connectivity index (χ0n) is 10.4. The number of methoxy groups -OCH3 is 1. The minimum atomic E-state index is 0.0881. The van der Waals surface area contributed by atoms with Gasteiger partial charge >= 0.3 is 0 Å². The average Bonchev–Trinajstić information content (AvgIpc) is 2.93. The Morgan fingerprint density at radius 1 is 1.33 bits per heavy atom. The lowest BCUT2D eigenvalue weighted by molar-refractivity contribution is 0.411. The van der Waals surface area contributed by atoms with Gasteiger partial charge in [-0.1, -0.05) is 12.1 Å². The first-order valence-electron chi connectivity index (χ1n) is 5.96. The van der Waals surface area contributed by atoms with E-state index in [1.807, 2.05) is 36.4 Å². The number of aryl methyl sites for hydroxylation is 1. The van der Waals surface area contributed by atoms with Crippen molar-refractivity contribution in [3.63, 3.8) is 0 Å². The van der Waals surface area contributed by atoms with Gasteiger partial charge in [0, 0.05) is 12.5 Å². The quantitative estimate of drug-likeness (QED) is 0.607. The van der Waals surface area contributed by atoms with E-state index < -0.39 is 0 Å². The van der Waals surface area contributed by atoms with Crippen molar-refractivity contribution in [2.75, 3.05) is 7.11 Å². The van der Waals surface area contributed by atoms with E-state index in [4.69, 9.17) is 15.0 Å². The van der Waals surface area contributed by atoms with Gasteiger partial charge in [-0.3, -0.25) is 11.3 Å². The van der Waals surface area contributed by atoms with Gasteiger partial charge in [-0.15, -0.1) is 0 Å². The first kappa shape index (κ1) is 12.7. The Labute approximate surface area is 107 Å². The molecular weight excluding hydrogens is 228 g/mol. The van der Waals surface area contributed by atoms with Crippen molar-refractivity contribution in [1.82, 2.24) is 5.43 Å². The van der Waals surface area contributed by atoms with Gasteiger partial charge in [-0.25, -0.2) is 0 Å². The molecule has 0 spiro atoms. The van der Waals surface area contributed by atoms with E-state index >= 15 is 0 Å². The van der Waals surface area contributed by atoms with Gasteiger partial charge in [0.1, 0.15) is 11.5 Å². The number of hydrogen-bond donors (Lipinski definition) is 2. The molecule has 1 unspecified atom stereocenters. The van der Waals surface area contributed by atoms with Crippen LogP contribution < -0.4 is 16.0 Å². The molecule has 1 aromatic heterocycles. The summed E-state index contributed by atoms with van der Waals surface area (Å²) in [6, 6.07) is 11.9. The largest absolute Gasteiger partial charge is 0.497 e. The van der Waals surface area contributed by atoms with Crippen LogP contribution in [0.5, 0.6) is 5.75 Å². The van der Waals surface area contributed by atoms with Crippen LogP contribution in [0.15, 0.2) is 47.1 Å². The highest BCUT2D eigenvalue weighted by molar-refractivity contribution is 5.30. The van der Waals surface area contributed by atoms with E-state index in [0.717, 1.165) is 29.9 Å². The van der Waals surface area contributed by atoms with Crippen molar-refractivity contribution >= 4 is 0 Å². The van der Waals surface area contributed by atoms with E-state index in [1.54, 1.807) is 13.4 Å². The van der Waals surface area contributed by atoms with Crippen molar-refractivity contribution in [2.24, 2.45) is 5.84 Å². The summed E-state index contributed by atoms with van der Waals surface area (Å²) in [5.41, 5.74) is 3.95. The van der Waals surface area contributed by atoms with E-state index in [-0.39, 0.29) is 6.04 Å². The molecule has 2 aromatic rings. The summed E-state index contributed by atoms with van der Waals surface area (Å²) >= 11 is 0. The molecule has 0 fully saturated rings. The van der Waals surface area contributed by atoms with Crippen LogP contribution in [0.1, 0.15) is 23.8 Å². The Kier molecular flexibility index (Phi) is 4.39. The maximum atomic E-state index is 5.61. The lowest BCUT2D eigenvalue weighted by Crippen LogP contribution is -2.28. The number of nitrogens with one attached hydrogen (secondary N) is 1. The van der Waals surface area contributed by atoms with Gasteiger partial charge in [-0.05, 0) is 36.2 Å². The summed E-state index contributed by atoms with van der Waals surface area (Å²) in [6.07, 6.45) is 3.40. The minimum Gasteiger partial charge on any atom is -0.497 e. The second-order valence-electron chi connectivity index (χ2n) is 4.11. The Hall–Kier alpha value is -1.78. The molecule has 1 heterocycles. The van der Waals surface area contributed by atoms with Crippen molar-refractivity contribution in [3.05, 3.63) is 54.0 Å². The van der Waals surface area contributed by atoms with Crippen molar-refractivity contribution in [1.29, 1.82) is 0 Å². The molecule has 0 aliphatic heterocycles. The van der Waals surface area contributed by atoms with Gasteiger partial charge in [-0.2, -0.15) is 0 Å². The van der Waals surface area contributed by atoms with Crippen LogP contribution in [0.2, 0.25) is 0 Å². The summed E-state index contributed by atoms with van der Waals surface area (Å²) in [5, 5.41) is 0. The molecule has 2 rings (SSSR count). The Morgan fingerprint density at radius 2 is 2.22 bits per heavy atom. The lowest BCUT2D eigenvalue weighted by atomic mass is 10.0. The third kappa shape index (κ3) is 3.12. The molecule has 0 radical (unpaired) electrons. The molecule has 4 heteroatoms. The Bertz CT molecular complexity index is 468. The fourth-order valence-electron chi connectivity index (χ4n) is 1.95. The molecular formula is C14H18N2O2. The van der Waals surface area contributed by atoms with E-state index in [2.05, 4.69) is 5.43 Å². The zero-order chi connectivity index (χ0) is 12.8. The number of hydrogen-bond acceptors (Lipinski definition) is 4. The molecule has 4 nitrogen and oxygen atoms in total. The van der Waals surface area contributed by atoms with Crippen LogP contribution in [-0.2, 0) is 6.42 Å². The minimum absolute atomic E-state index is 0.0881. The number of rotatable bonds is 6. The molecule has 18 heavy (non-hydrogen) atoms. The molecule has 1 atom stereocenters. The van der Waals surface area contributed by atoms with Gasteiger partial charge in [0.25, 0.3) is 0 Å². The van der Waals surface area contributed by atoms with Crippen LogP contribution in [0.4, 0.5) is 0 Å². The van der Waals surface area contributed by atoms with Crippen LogP contribution in [0.25, 0.3) is 0 Å². The van der Waals surface area contributed by atoms with Gasteiger partial charge < -0.3 is 9.15 Å². The van der Waals surface area contributed by atoms with E-state index in [0.29, 0.717) is 0 Å². The monoisotopic (exact) mass is 246 g/mol. The fraction of sp³-hybridized carbons (Fsp3) is 0.286. The second kappa shape index (κ2) is 6.23. The summed E-state index contributed by atoms with van der Waals surface area (Å²) in [4.78, 5) is 0. The molecule has 0 aliphatic rings. The molecule has 96 valence electrons. The normalized spacial score (nSPS) is 12.3. The average molecular weight is 246 g/mol. The first-order valence-corrected chi connectivity index (χ1v) is 5.96. The van der Waals surface area contributed by atoms with Gasteiger partial charge in [0.05, 0.1) is 13.4 Å². The molecule has 0 aliphatic carbocycles. The lowest BCUT2D eigenvalue weighted by Gasteiger charge is -2.16. The number of ether oxygens (including phenoxy) is 1. The van der Waals surface area contributed by atoms with Crippen LogP contribution >= 0.6 is 0 Å². The van der Waals surface area contributed by atoms with Gasteiger partial charge in [0.2, 0.25) is 0 Å². The number of hydrazine groups is 1. The van der Waals surface area contributed by atoms with Crippen LogP contribution in [-0.4, -0.2) is 7.11 Å². The van der Waals surface area contributed by atoms with Crippen molar-refractivity contribution in [3.8, 4) is 5.75 Å². The summed E-state index contributed by atoms with van der Waals surface area (Å²) in [6.45, 7) is 0. The first-order chi connectivity index (χ1) is 8.83. The number of furan rings is 1. The number of benzene rings is 1. The number of nitrogens with two attached hydrogens (primary N) is 1. The SMILES string of the molecule is COc1cccc(C(CCc2ccco2)NN)c1. The Balaban J connectivity index is 2.03. The third-order valence-electron chi connectivity index (χ3n) is 2.96. The van der Waals surface area contributed by atoms with Crippen LogP contribution in [0, 0.1) is 0 Å². The third-order valence-corrected chi connectivity index (χ3v) is 2.96. The summed E-state index contributed by atoms with van der Waals surface area (Å²) < 4.78 is 10.5. The predicted molar refractivity (Wildman–Crippen MR) is 70.1 cm³/mol. The molecule has 0 bridgehead atoms. The highest BCUT2D eigenvalue weighted by Gasteiger charge is 2.11. The van der Waals surface area contributed by atoms with E-state index in [9.17, 15) is 0 Å². The van der Waals surface area contributed by atoms with Crippen molar-refractivity contribution < 1.29 is 9.15 Å². The molecule has 1 aromatic carbocycles. The molecule has 0 saturated heterocycles. The molecule has 3 N–H and O–H groups in total. The standard InChI is InChI=1S/C14H18N2O2/c1-17-13-5-2-4-11(10-13)14(16-15)8-7-12-6-3-9-18-12/h2-6,9-10,14,16H,7-8,15H2,1H3. The summed E-state index contributed by atoms with van der Waals surface area (Å²) in [5.74, 6) is 7.42. The topological polar surface area (TPSA) is 60.4 Å². The maximum Gasteiger partial charge on any atom is 0.119 e. The van der Waals surface area contributed by atoms with Crippen molar-refractivity contribution in [2.45, 2.75) is 18.9 Å². The maximum absolute atomic E-state index is 5.61. The smallest absolute Gasteiger partial charge is 0.119 e.